The smallest absolute Gasteiger partial charge is 0.257 e. The van der Waals surface area contributed by atoms with Crippen LogP contribution in [0.15, 0.2) is 72.8 Å². The van der Waals surface area contributed by atoms with Crippen LogP contribution in [0.5, 0.6) is 0 Å². The summed E-state index contributed by atoms with van der Waals surface area (Å²) < 4.78 is 0. The van der Waals surface area contributed by atoms with Crippen molar-refractivity contribution in [3.63, 3.8) is 0 Å². The average molecular weight is 448 g/mol. The molecule has 1 aliphatic heterocycles. The molecule has 0 radical (unpaired) electrons. The molecule has 32 heavy (non-hydrogen) atoms. The Kier molecular flexibility index (Phi) is 6.76. The second-order valence-corrected chi connectivity index (χ2v) is 8.22. The van der Waals surface area contributed by atoms with Crippen LogP contribution in [0, 0.1) is 0 Å². The maximum atomic E-state index is 12.8. The van der Waals surface area contributed by atoms with E-state index in [1.54, 1.807) is 24.3 Å². The lowest BCUT2D eigenvalue weighted by atomic mass is 10.1. The number of carbonyl (C=O) groups excluding carboxylic acids is 2. The molecule has 3 aromatic rings. The molecule has 0 aromatic heterocycles. The Hall–Kier alpha value is -3.31. The molecule has 0 spiro atoms. The Labute approximate surface area is 193 Å². The van der Waals surface area contributed by atoms with Gasteiger partial charge in [0, 0.05) is 43.1 Å². The van der Waals surface area contributed by atoms with E-state index in [0.717, 1.165) is 30.8 Å². The van der Waals surface area contributed by atoms with Crippen LogP contribution in [0.3, 0.4) is 0 Å². The summed E-state index contributed by atoms with van der Waals surface area (Å²) in [6.07, 6.45) is 0.968. The van der Waals surface area contributed by atoms with E-state index in [0.29, 0.717) is 29.4 Å². The van der Waals surface area contributed by atoms with Crippen LogP contribution < -0.4 is 10.2 Å². The van der Waals surface area contributed by atoms with Crippen molar-refractivity contribution in [3.05, 3.63) is 94.5 Å². The highest BCUT2D eigenvalue weighted by molar-refractivity contribution is 6.34. The van der Waals surface area contributed by atoms with Gasteiger partial charge in [-0.05, 0) is 60.5 Å². The van der Waals surface area contributed by atoms with Gasteiger partial charge in [0.2, 0.25) is 0 Å². The predicted molar refractivity (Wildman–Crippen MR) is 130 cm³/mol. The summed E-state index contributed by atoms with van der Waals surface area (Å²) in [4.78, 5) is 29.4. The summed E-state index contributed by atoms with van der Waals surface area (Å²) in [5.41, 5.74) is 4.21. The molecule has 2 amide bonds. The highest BCUT2D eigenvalue weighted by Gasteiger charge is 2.22. The third-order valence-corrected chi connectivity index (χ3v) is 6.11. The number of nitrogens with one attached hydrogen (secondary N) is 1. The first-order valence-electron chi connectivity index (χ1n) is 10.8. The fourth-order valence-electron chi connectivity index (χ4n) is 3.83. The topological polar surface area (TPSA) is 52.7 Å². The third kappa shape index (κ3) is 4.94. The minimum Gasteiger partial charge on any atom is -0.368 e. The first-order valence-corrected chi connectivity index (χ1v) is 11.2. The normalized spacial score (nSPS) is 13.7. The molecule has 0 bridgehead atoms. The van der Waals surface area contributed by atoms with Crippen molar-refractivity contribution < 1.29 is 9.59 Å². The number of halogens is 1. The third-order valence-electron chi connectivity index (χ3n) is 5.78. The van der Waals surface area contributed by atoms with Gasteiger partial charge in [0.25, 0.3) is 11.8 Å². The summed E-state index contributed by atoms with van der Waals surface area (Å²) in [6, 6.07) is 22.6. The van der Waals surface area contributed by atoms with Crippen molar-refractivity contribution in [2.24, 2.45) is 0 Å². The van der Waals surface area contributed by atoms with Crippen molar-refractivity contribution >= 4 is 34.8 Å². The molecule has 1 aliphatic rings. The van der Waals surface area contributed by atoms with Gasteiger partial charge < -0.3 is 15.1 Å². The zero-order valence-corrected chi connectivity index (χ0v) is 18.8. The number of nitrogens with zero attached hydrogens (tertiary/aromatic N) is 2. The number of amides is 2. The average Bonchev–Trinajstić information content (AvgIpc) is 2.84. The Morgan fingerprint density at radius 3 is 2.16 bits per heavy atom. The van der Waals surface area contributed by atoms with E-state index in [2.05, 4.69) is 17.1 Å². The number of piperazine rings is 1. The zero-order chi connectivity index (χ0) is 22.5. The summed E-state index contributed by atoms with van der Waals surface area (Å²) in [5, 5.41) is 3.31. The highest BCUT2D eigenvalue weighted by Crippen LogP contribution is 2.22. The quantitative estimate of drug-likeness (QED) is 0.590. The lowest BCUT2D eigenvalue weighted by Gasteiger charge is -2.36. The molecule has 1 heterocycles. The second-order valence-electron chi connectivity index (χ2n) is 7.81. The molecule has 164 valence electrons. The van der Waals surface area contributed by atoms with E-state index in [1.165, 1.54) is 5.56 Å². The first kappa shape index (κ1) is 21.9. The van der Waals surface area contributed by atoms with E-state index in [4.69, 9.17) is 11.6 Å². The molecule has 1 saturated heterocycles. The Balaban J connectivity index is 1.33. The number of anilines is 2. The predicted octanol–water partition coefficient (Wildman–Crippen LogP) is 5.12. The zero-order valence-electron chi connectivity index (χ0n) is 18.1. The fraction of sp³-hybridized carbons (Fsp3) is 0.231. The van der Waals surface area contributed by atoms with Crippen molar-refractivity contribution in [3.8, 4) is 0 Å². The van der Waals surface area contributed by atoms with Crippen molar-refractivity contribution in [2.75, 3.05) is 36.4 Å². The molecule has 4 rings (SSSR count). The van der Waals surface area contributed by atoms with Crippen LogP contribution in [0.2, 0.25) is 5.02 Å². The van der Waals surface area contributed by atoms with Crippen LogP contribution in [0.1, 0.15) is 33.2 Å². The Morgan fingerprint density at radius 1 is 0.875 bits per heavy atom. The lowest BCUT2D eigenvalue weighted by Crippen LogP contribution is -2.48. The molecule has 6 heteroatoms. The molecule has 0 unspecified atom stereocenters. The van der Waals surface area contributed by atoms with Gasteiger partial charge in [-0.25, -0.2) is 0 Å². The number of hydrogen-bond acceptors (Lipinski definition) is 3. The number of rotatable bonds is 5. The summed E-state index contributed by atoms with van der Waals surface area (Å²) >= 11 is 6.10. The summed E-state index contributed by atoms with van der Waals surface area (Å²) in [6.45, 7) is 5.00. The largest absolute Gasteiger partial charge is 0.368 e. The van der Waals surface area contributed by atoms with Gasteiger partial charge in [-0.1, -0.05) is 42.8 Å². The van der Waals surface area contributed by atoms with Gasteiger partial charge in [-0.2, -0.15) is 0 Å². The number of benzene rings is 3. The molecule has 1 N–H and O–H groups in total. The van der Waals surface area contributed by atoms with Gasteiger partial charge in [-0.3, -0.25) is 9.59 Å². The second kappa shape index (κ2) is 9.88. The SMILES string of the molecule is CCc1ccc(C(=O)N2CCN(c3ccc(NC(=O)c4ccccc4Cl)cc3)CC2)cc1. The van der Waals surface area contributed by atoms with Crippen LogP contribution >= 0.6 is 11.6 Å². The maximum Gasteiger partial charge on any atom is 0.257 e. The lowest BCUT2D eigenvalue weighted by molar-refractivity contribution is 0.0746. The van der Waals surface area contributed by atoms with E-state index in [9.17, 15) is 9.59 Å². The molecular formula is C26H26ClN3O2. The van der Waals surface area contributed by atoms with Crippen LogP contribution in [0.4, 0.5) is 11.4 Å². The fourth-order valence-corrected chi connectivity index (χ4v) is 4.05. The minimum atomic E-state index is -0.234. The van der Waals surface area contributed by atoms with Gasteiger partial charge in [0.15, 0.2) is 0 Å². The van der Waals surface area contributed by atoms with Gasteiger partial charge in [-0.15, -0.1) is 0 Å². The van der Waals surface area contributed by atoms with E-state index < -0.39 is 0 Å². The van der Waals surface area contributed by atoms with E-state index >= 15 is 0 Å². The maximum absolute atomic E-state index is 12.8. The molecule has 5 nitrogen and oxygen atoms in total. The number of aryl methyl sites for hydroxylation is 1. The van der Waals surface area contributed by atoms with E-state index in [-0.39, 0.29) is 11.8 Å². The van der Waals surface area contributed by atoms with Crippen LogP contribution in [0.25, 0.3) is 0 Å². The Bertz CT molecular complexity index is 1090. The highest BCUT2D eigenvalue weighted by atomic mass is 35.5. The van der Waals surface area contributed by atoms with Crippen LogP contribution in [-0.4, -0.2) is 42.9 Å². The van der Waals surface area contributed by atoms with E-state index in [1.807, 2.05) is 53.4 Å². The molecule has 0 aliphatic carbocycles. The van der Waals surface area contributed by atoms with Gasteiger partial charge in [0.1, 0.15) is 0 Å². The molecule has 3 aromatic carbocycles. The minimum absolute atomic E-state index is 0.0879. The standard InChI is InChI=1S/C26H26ClN3O2/c1-2-19-7-9-20(10-8-19)26(32)30-17-15-29(16-18-30)22-13-11-21(12-14-22)28-25(31)23-5-3-4-6-24(23)27/h3-14H,2,15-18H2,1H3,(H,28,31). The molecule has 1 fully saturated rings. The van der Waals surface area contributed by atoms with Crippen LogP contribution in [-0.2, 0) is 6.42 Å². The number of carbonyl (C=O) groups is 2. The van der Waals surface area contributed by atoms with Crippen molar-refractivity contribution in [2.45, 2.75) is 13.3 Å². The number of hydrogen-bond donors (Lipinski definition) is 1. The monoisotopic (exact) mass is 447 g/mol. The Morgan fingerprint density at radius 2 is 1.53 bits per heavy atom. The van der Waals surface area contributed by atoms with Gasteiger partial charge in [0.05, 0.1) is 10.6 Å². The van der Waals surface area contributed by atoms with Crippen molar-refractivity contribution in [1.29, 1.82) is 0 Å². The first-order chi connectivity index (χ1) is 15.5. The summed E-state index contributed by atoms with van der Waals surface area (Å²) in [7, 11) is 0. The summed E-state index contributed by atoms with van der Waals surface area (Å²) in [5.74, 6) is -0.146. The van der Waals surface area contributed by atoms with Crippen molar-refractivity contribution in [1.82, 2.24) is 4.90 Å². The molecular weight excluding hydrogens is 422 g/mol. The molecule has 0 saturated carbocycles. The molecule has 0 atom stereocenters. The van der Waals surface area contributed by atoms with Gasteiger partial charge >= 0.3 is 0 Å².